The molecule has 0 saturated heterocycles. The summed E-state index contributed by atoms with van der Waals surface area (Å²) in [5.41, 5.74) is 2.18. The number of hydrogen-bond donors (Lipinski definition) is 2. The zero-order valence-corrected chi connectivity index (χ0v) is 15.7. The van der Waals surface area contributed by atoms with E-state index in [0.717, 1.165) is 16.5 Å². The largest absolute Gasteiger partial charge is 0.467 e. The third-order valence-electron chi connectivity index (χ3n) is 4.76. The predicted octanol–water partition coefficient (Wildman–Crippen LogP) is 5.39. The lowest BCUT2D eigenvalue weighted by Crippen LogP contribution is -2.25. The van der Waals surface area contributed by atoms with Crippen LogP contribution in [0.4, 0.5) is 4.39 Å². The number of aromatic nitrogens is 1. The maximum absolute atomic E-state index is 14.6. The molecule has 0 saturated carbocycles. The van der Waals surface area contributed by atoms with Gasteiger partial charge in [0.25, 0.3) is 0 Å². The van der Waals surface area contributed by atoms with Crippen molar-refractivity contribution in [2.45, 2.75) is 18.9 Å². The van der Waals surface area contributed by atoms with Crippen molar-refractivity contribution in [3.05, 3.63) is 94.8 Å². The summed E-state index contributed by atoms with van der Waals surface area (Å²) in [6.45, 7) is 0.287. The second kappa shape index (κ2) is 7.90. The van der Waals surface area contributed by atoms with Crippen molar-refractivity contribution in [1.29, 1.82) is 0 Å². The van der Waals surface area contributed by atoms with Crippen molar-refractivity contribution >= 4 is 28.4 Å². The van der Waals surface area contributed by atoms with E-state index in [4.69, 9.17) is 16.0 Å². The van der Waals surface area contributed by atoms with Crippen molar-refractivity contribution in [2.75, 3.05) is 0 Å². The van der Waals surface area contributed by atoms with Gasteiger partial charge in [-0.15, -0.1) is 0 Å². The molecular formula is C22H18ClFN2O2. The number of aromatic amines is 1. The smallest absolute Gasteiger partial charge is 0.221 e. The van der Waals surface area contributed by atoms with Gasteiger partial charge < -0.3 is 14.7 Å². The lowest BCUT2D eigenvalue weighted by Gasteiger charge is -2.18. The normalized spacial score (nSPS) is 12.2. The molecule has 6 heteroatoms. The van der Waals surface area contributed by atoms with Crippen LogP contribution in [0.15, 0.2) is 71.5 Å². The standard InChI is InChI=1S/C22H18ClFN2O2/c23-14-7-8-21-18(10-14)19(13-25-21)17(16-5-1-2-6-20(16)24)11-22(27)26-12-15-4-3-9-28-15/h1-10,13,17,25H,11-12H2,(H,26,27)/t17-/m1/s1. The molecule has 2 aromatic carbocycles. The lowest BCUT2D eigenvalue weighted by molar-refractivity contribution is -0.121. The van der Waals surface area contributed by atoms with Crippen LogP contribution in [0.25, 0.3) is 10.9 Å². The van der Waals surface area contributed by atoms with Crippen LogP contribution < -0.4 is 5.32 Å². The van der Waals surface area contributed by atoms with E-state index in [9.17, 15) is 9.18 Å². The number of benzene rings is 2. The quantitative estimate of drug-likeness (QED) is 0.459. The zero-order chi connectivity index (χ0) is 19.5. The summed E-state index contributed by atoms with van der Waals surface area (Å²) < 4.78 is 19.8. The highest BCUT2D eigenvalue weighted by atomic mass is 35.5. The third-order valence-corrected chi connectivity index (χ3v) is 5.00. The molecule has 4 rings (SSSR count). The van der Waals surface area contributed by atoms with Gasteiger partial charge >= 0.3 is 0 Å². The first-order valence-electron chi connectivity index (χ1n) is 8.92. The summed E-state index contributed by atoms with van der Waals surface area (Å²) >= 11 is 6.16. The Balaban J connectivity index is 1.67. The minimum Gasteiger partial charge on any atom is -0.467 e. The molecule has 0 aliphatic carbocycles. The molecule has 0 aliphatic rings. The van der Waals surface area contributed by atoms with Crippen LogP contribution in [-0.2, 0) is 11.3 Å². The predicted molar refractivity (Wildman–Crippen MR) is 107 cm³/mol. The Bertz CT molecular complexity index is 1100. The van der Waals surface area contributed by atoms with Gasteiger partial charge in [-0.2, -0.15) is 0 Å². The van der Waals surface area contributed by atoms with Crippen LogP contribution >= 0.6 is 11.6 Å². The number of H-pyrrole nitrogens is 1. The minimum absolute atomic E-state index is 0.0983. The number of furan rings is 1. The summed E-state index contributed by atoms with van der Waals surface area (Å²) in [4.78, 5) is 15.8. The highest BCUT2D eigenvalue weighted by Crippen LogP contribution is 2.35. The maximum atomic E-state index is 14.6. The van der Waals surface area contributed by atoms with Crippen molar-refractivity contribution < 1.29 is 13.6 Å². The topological polar surface area (TPSA) is 58.0 Å². The Morgan fingerprint density at radius 3 is 2.79 bits per heavy atom. The second-order valence-corrected chi connectivity index (χ2v) is 7.00. The molecule has 0 spiro atoms. The molecule has 0 radical (unpaired) electrons. The van der Waals surface area contributed by atoms with Crippen LogP contribution in [-0.4, -0.2) is 10.9 Å². The summed E-state index contributed by atoms with van der Waals surface area (Å²) in [6.07, 6.45) is 3.47. The van der Waals surface area contributed by atoms with Crippen LogP contribution in [0, 0.1) is 5.82 Å². The molecule has 2 heterocycles. The molecule has 2 aromatic heterocycles. The first kappa shape index (κ1) is 18.3. The van der Waals surface area contributed by atoms with Crippen LogP contribution in [0.3, 0.4) is 0 Å². The Morgan fingerprint density at radius 1 is 1.14 bits per heavy atom. The number of halogens is 2. The molecule has 0 aliphatic heterocycles. The summed E-state index contributed by atoms with van der Waals surface area (Å²) in [5.74, 6) is -0.330. The van der Waals surface area contributed by atoms with Crippen LogP contribution in [0.5, 0.6) is 0 Å². The second-order valence-electron chi connectivity index (χ2n) is 6.57. The molecule has 2 N–H and O–H groups in total. The SMILES string of the molecule is O=C(C[C@H](c1ccccc1F)c1c[nH]c2ccc(Cl)cc12)NCc1ccco1. The van der Waals surface area contributed by atoms with Gasteiger partial charge in [0.15, 0.2) is 0 Å². The Kier molecular flexibility index (Phi) is 5.17. The van der Waals surface area contributed by atoms with E-state index in [1.165, 1.54) is 6.07 Å². The molecule has 0 unspecified atom stereocenters. The Labute approximate surface area is 166 Å². The molecule has 0 fully saturated rings. The number of fused-ring (bicyclic) bond motifs is 1. The molecular weight excluding hydrogens is 379 g/mol. The fraction of sp³-hybridized carbons (Fsp3) is 0.136. The number of nitrogens with one attached hydrogen (secondary N) is 2. The molecule has 1 atom stereocenters. The fourth-order valence-electron chi connectivity index (χ4n) is 3.40. The van der Waals surface area contributed by atoms with E-state index in [-0.39, 0.29) is 24.7 Å². The van der Waals surface area contributed by atoms with Crippen molar-refractivity contribution in [3.8, 4) is 0 Å². The van der Waals surface area contributed by atoms with Crippen LogP contribution in [0.2, 0.25) is 5.02 Å². The van der Waals surface area contributed by atoms with Gasteiger partial charge in [-0.05, 0) is 47.5 Å². The first-order valence-corrected chi connectivity index (χ1v) is 9.29. The average molecular weight is 397 g/mol. The highest BCUT2D eigenvalue weighted by Gasteiger charge is 2.24. The number of amides is 1. The lowest BCUT2D eigenvalue weighted by atomic mass is 9.87. The number of carbonyl (C=O) groups excluding carboxylic acids is 1. The van der Waals surface area contributed by atoms with Gasteiger partial charge in [0.1, 0.15) is 11.6 Å². The van der Waals surface area contributed by atoms with Crippen molar-refractivity contribution in [2.24, 2.45) is 0 Å². The van der Waals surface area contributed by atoms with Gasteiger partial charge in [-0.3, -0.25) is 4.79 Å². The van der Waals surface area contributed by atoms with Gasteiger partial charge in [-0.25, -0.2) is 4.39 Å². The fourth-order valence-corrected chi connectivity index (χ4v) is 3.58. The molecule has 0 bridgehead atoms. The van der Waals surface area contributed by atoms with Crippen molar-refractivity contribution in [3.63, 3.8) is 0 Å². The molecule has 4 nitrogen and oxygen atoms in total. The zero-order valence-electron chi connectivity index (χ0n) is 14.9. The van der Waals surface area contributed by atoms with E-state index in [1.807, 2.05) is 18.3 Å². The van der Waals surface area contributed by atoms with E-state index in [1.54, 1.807) is 42.7 Å². The minimum atomic E-state index is -0.454. The van der Waals surface area contributed by atoms with Crippen LogP contribution in [0.1, 0.15) is 29.2 Å². The molecule has 1 amide bonds. The van der Waals surface area contributed by atoms with E-state index in [0.29, 0.717) is 16.3 Å². The summed E-state index contributed by atoms with van der Waals surface area (Å²) in [7, 11) is 0. The van der Waals surface area contributed by atoms with Gasteiger partial charge in [-0.1, -0.05) is 29.8 Å². The van der Waals surface area contributed by atoms with Gasteiger partial charge in [0.2, 0.25) is 5.91 Å². The van der Waals surface area contributed by atoms with E-state index >= 15 is 0 Å². The van der Waals surface area contributed by atoms with Gasteiger partial charge in [0, 0.05) is 34.5 Å². The number of rotatable bonds is 6. The van der Waals surface area contributed by atoms with Gasteiger partial charge in [0.05, 0.1) is 12.8 Å². The third kappa shape index (κ3) is 3.80. The Hall–Kier alpha value is -3.05. The average Bonchev–Trinajstić information content (AvgIpc) is 3.35. The highest BCUT2D eigenvalue weighted by molar-refractivity contribution is 6.31. The first-order chi connectivity index (χ1) is 13.6. The van der Waals surface area contributed by atoms with E-state index < -0.39 is 5.92 Å². The number of carbonyl (C=O) groups is 1. The Morgan fingerprint density at radius 2 is 2.00 bits per heavy atom. The molecule has 142 valence electrons. The summed E-state index contributed by atoms with van der Waals surface area (Å²) in [5, 5.41) is 4.30. The molecule has 28 heavy (non-hydrogen) atoms. The monoisotopic (exact) mass is 396 g/mol. The maximum Gasteiger partial charge on any atom is 0.221 e. The number of hydrogen-bond acceptors (Lipinski definition) is 2. The van der Waals surface area contributed by atoms with Crippen molar-refractivity contribution in [1.82, 2.24) is 10.3 Å². The summed E-state index contributed by atoms with van der Waals surface area (Å²) in [6, 6.07) is 15.6. The molecule has 4 aromatic rings. The van der Waals surface area contributed by atoms with E-state index in [2.05, 4.69) is 10.3 Å².